The molecule has 1 amide bonds. The number of hydrogen-bond donors (Lipinski definition) is 1. The van der Waals surface area contributed by atoms with Gasteiger partial charge in [0.15, 0.2) is 0 Å². The number of nitrogens with two attached hydrogens (primary N) is 1. The van der Waals surface area contributed by atoms with Crippen LogP contribution in [0.2, 0.25) is 5.02 Å². The molecule has 0 fully saturated rings. The number of nitrogens with zero attached hydrogens (tertiary/aromatic N) is 1. The van der Waals surface area contributed by atoms with Gasteiger partial charge in [-0.3, -0.25) is 9.78 Å². The van der Waals surface area contributed by atoms with Crippen LogP contribution in [0.5, 0.6) is 0 Å². The summed E-state index contributed by atoms with van der Waals surface area (Å²) >= 11 is 5.58. The predicted octanol–water partition coefficient (Wildman–Crippen LogP) is 2.64. The van der Waals surface area contributed by atoms with Crippen LogP contribution in [0, 0.1) is 5.82 Å². The van der Waals surface area contributed by atoms with E-state index in [1.807, 2.05) is 0 Å². The first-order chi connectivity index (χ1) is 8.09. The minimum atomic E-state index is -0.608. The molecule has 3 nitrogen and oxygen atoms in total. The van der Waals surface area contributed by atoms with Crippen LogP contribution in [0.1, 0.15) is 10.4 Å². The molecule has 0 saturated heterocycles. The van der Waals surface area contributed by atoms with Gasteiger partial charge in [-0.2, -0.15) is 0 Å². The van der Waals surface area contributed by atoms with E-state index in [4.69, 9.17) is 17.3 Å². The number of rotatable bonds is 2. The number of carbonyl (C=O) groups excluding carboxylic acids is 1. The van der Waals surface area contributed by atoms with Crippen molar-refractivity contribution in [3.05, 3.63) is 52.9 Å². The molecule has 1 aromatic heterocycles. The minimum Gasteiger partial charge on any atom is -0.366 e. The number of primary amides is 1. The van der Waals surface area contributed by atoms with Gasteiger partial charge in [0.2, 0.25) is 0 Å². The van der Waals surface area contributed by atoms with Gasteiger partial charge in [0.1, 0.15) is 5.82 Å². The second-order valence-electron chi connectivity index (χ2n) is 3.39. The molecular weight excluding hydrogens is 243 g/mol. The molecule has 2 N–H and O–H groups in total. The summed E-state index contributed by atoms with van der Waals surface area (Å²) in [6.45, 7) is 0. The van der Waals surface area contributed by atoms with Crippen molar-refractivity contribution >= 4 is 17.5 Å². The van der Waals surface area contributed by atoms with Crippen LogP contribution in [0.25, 0.3) is 11.3 Å². The van der Waals surface area contributed by atoms with Gasteiger partial charge in [0.25, 0.3) is 5.91 Å². The molecule has 5 heteroatoms. The molecule has 2 rings (SSSR count). The number of carbonyl (C=O) groups is 1. The van der Waals surface area contributed by atoms with Crippen LogP contribution in [-0.2, 0) is 0 Å². The maximum Gasteiger partial charge on any atom is 0.250 e. The maximum atomic E-state index is 13.3. The van der Waals surface area contributed by atoms with Crippen molar-refractivity contribution in [1.29, 1.82) is 0 Å². The van der Waals surface area contributed by atoms with E-state index in [-0.39, 0.29) is 10.6 Å². The molecule has 0 aliphatic heterocycles. The third-order valence-corrected chi connectivity index (χ3v) is 2.57. The summed E-state index contributed by atoms with van der Waals surface area (Å²) in [7, 11) is 0. The first-order valence-corrected chi connectivity index (χ1v) is 5.17. The molecule has 0 saturated carbocycles. The van der Waals surface area contributed by atoms with E-state index >= 15 is 0 Å². The lowest BCUT2D eigenvalue weighted by Gasteiger charge is -2.05. The van der Waals surface area contributed by atoms with Gasteiger partial charge in [-0.1, -0.05) is 17.7 Å². The smallest absolute Gasteiger partial charge is 0.250 e. The Labute approximate surface area is 102 Å². The molecule has 1 heterocycles. The van der Waals surface area contributed by atoms with Crippen molar-refractivity contribution in [3.8, 4) is 11.3 Å². The van der Waals surface area contributed by atoms with Crippen LogP contribution in [0.3, 0.4) is 0 Å². The second kappa shape index (κ2) is 4.51. The number of pyridine rings is 1. The Morgan fingerprint density at radius 3 is 2.76 bits per heavy atom. The van der Waals surface area contributed by atoms with Crippen molar-refractivity contribution in [2.75, 3.05) is 0 Å². The zero-order valence-electron chi connectivity index (χ0n) is 8.65. The Kier molecular flexibility index (Phi) is 3.06. The highest BCUT2D eigenvalue weighted by Crippen LogP contribution is 2.25. The quantitative estimate of drug-likeness (QED) is 0.891. The van der Waals surface area contributed by atoms with E-state index in [1.165, 1.54) is 24.4 Å². The largest absolute Gasteiger partial charge is 0.366 e. The summed E-state index contributed by atoms with van der Waals surface area (Å²) in [4.78, 5) is 15.2. The Bertz CT molecular complexity index is 586. The van der Waals surface area contributed by atoms with E-state index < -0.39 is 11.7 Å². The summed E-state index contributed by atoms with van der Waals surface area (Å²) < 4.78 is 13.3. The Morgan fingerprint density at radius 1 is 1.35 bits per heavy atom. The lowest BCUT2D eigenvalue weighted by molar-refractivity contribution is 0.100. The first kappa shape index (κ1) is 11.5. The van der Waals surface area contributed by atoms with E-state index in [0.29, 0.717) is 11.3 Å². The van der Waals surface area contributed by atoms with Gasteiger partial charge in [-0.05, 0) is 24.3 Å². The first-order valence-electron chi connectivity index (χ1n) is 4.80. The number of benzene rings is 1. The highest BCUT2D eigenvalue weighted by molar-refractivity contribution is 6.30. The fourth-order valence-electron chi connectivity index (χ4n) is 1.48. The van der Waals surface area contributed by atoms with Gasteiger partial charge < -0.3 is 5.73 Å². The Morgan fingerprint density at radius 2 is 2.12 bits per heavy atom. The molecule has 0 radical (unpaired) electrons. The molecule has 0 atom stereocenters. The molecule has 86 valence electrons. The number of halogens is 2. The van der Waals surface area contributed by atoms with E-state index in [9.17, 15) is 9.18 Å². The fourth-order valence-corrected chi connectivity index (χ4v) is 1.60. The van der Waals surface area contributed by atoms with E-state index in [0.717, 1.165) is 0 Å². The van der Waals surface area contributed by atoms with Gasteiger partial charge in [-0.25, -0.2) is 4.39 Å². The number of amides is 1. The molecule has 0 unspecified atom stereocenters. The van der Waals surface area contributed by atoms with Crippen molar-refractivity contribution < 1.29 is 9.18 Å². The maximum absolute atomic E-state index is 13.3. The van der Waals surface area contributed by atoms with Crippen LogP contribution < -0.4 is 5.73 Å². The van der Waals surface area contributed by atoms with E-state index in [1.54, 1.807) is 12.1 Å². The summed E-state index contributed by atoms with van der Waals surface area (Å²) in [5, 5.41) is 0.0188. The lowest BCUT2D eigenvalue weighted by atomic mass is 10.1. The topological polar surface area (TPSA) is 56.0 Å². The predicted molar refractivity (Wildman–Crippen MR) is 63.2 cm³/mol. The van der Waals surface area contributed by atoms with Crippen molar-refractivity contribution in [2.45, 2.75) is 0 Å². The fraction of sp³-hybridized carbons (Fsp3) is 0. The van der Waals surface area contributed by atoms with Gasteiger partial charge in [0.05, 0.1) is 16.3 Å². The molecule has 2 aromatic rings. The third kappa shape index (κ3) is 2.26. The van der Waals surface area contributed by atoms with Crippen LogP contribution >= 0.6 is 11.6 Å². The average Bonchev–Trinajstić information content (AvgIpc) is 2.32. The normalized spacial score (nSPS) is 10.2. The van der Waals surface area contributed by atoms with Crippen LogP contribution in [-0.4, -0.2) is 10.9 Å². The minimum absolute atomic E-state index is 0.0188. The molecular formula is C12H8ClFN2O. The third-order valence-electron chi connectivity index (χ3n) is 2.27. The van der Waals surface area contributed by atoms with Crippen LogP contribution in [0.4, 0.5) is 4.39 Å². The molecule has 0 aliphatic rings. The Balaban J connectivity index is 2.60. The molecule has 0 bridgehead atoms. The van der Waals surface area contributed by atoms with Crippen molar-refractivity contribution in [3.63, 3.8) is 0 Å². The van der Waals surface area contributed by atoms with E-state index in [2.05, 4.69) is 4.98 Å². The lowest BCUT2D eigenvalue weighted by Crippen LogP contribution is -2.13. The summed E-state index contributed by atoms with van der Waals surface area (Å²) in [5.41, 5.74) is 6.27. The average molecular weight is 251 g/mol. The molecule has 0 spiro atoms. The molecule has 0 aliphatic carbocycles. The summed E-state index contributed by atoms with van der Waals surface area (Å²) in [6.07, 6.45) is 1.51. The van der Waals surface area contributed by atoms with Crippen molar-refractivity contribution in [2.24, 2.45) is 5.73 Å². The highest BCUT2D eigenvalue weighted by atomic mass is 35.5. The van der Waals surface area contributed by atoms with Gasteiger partial charge in [0, 0.05) is 11.8 Å². The SMILES string of the molecule is NC(=O)c1cccnc1-c1ccc(Cl)c(F)c1. The zero-order valence-corrected chi connectivity index (χ0v) is 9.41. The molecule has 17 heavy (non-hydrogen) atoms. The Hall–Kier alpha value is -1.94. The highest BCUT2D eigenvalue weighted by Gasteiger charge is 2.12. The summed E-state index contributed by atoms with van der Waals surface area (Å²) in [6, 6.07) is 7.34. The van der Waals surface area contributed by atoms with Gasteiger partial charge >= 0.3 is 0 Å². The van der Waals surface area contributed by atoms with Crippen molar-refractivity contribution in [1.82, 2.24) is 4.98 Å². The number of aromatic nitrogens is 1. The summed E-state index contributed by atoms with van der Waals surface area (Å²) in [5.74, 6) is -1.17. The van der Waals surface area contributed by atoms with Crippen LogP contribution in [0.15, 0.2) is 36.5 Å². The molecule has 1 aromatic carbocycles. The monoisotopic (exact) mass is 250 g/mol. The number of hydrogen-bond acceptors (Lipinski definition) is 2. The standard InChI is InChI=1S/C12H8ClFN2O/c13-9-4-3-7(6-10(9)14)11-8(12(15)17)2-1-5-16-11/h1-6H,(H2,15,17). The van der Waals surface area contributed by atoms with Gasteiger partial charge in [-0.15, -0.1) is 0 Å². The second-order valence-corrected chi connectivity index (χ2v) is 3.80. The zero-order chi connectivity index (χ0) is 12.4.